The Balaban J connectivity index is 2.73. The molecule has 1 amide bonds. The summed E-state index contributed by atoms with van der Waals surface area (Å²) in [6, 6.07) is 7.49. The molecule has 1 aromatic carbocycles. The Labute approximate surface area is 83.8 Å². The number of carbonyl (C=O) groups excluding carboxylic acids is 1. The second kappa shape index (κ2) is 4.77. The fourth-order valence-corrected chi connectivity index (χ4v) is 1.32. The van der Waals surface area contributed by atoms with E-state index in [-0.39, 0.29) is 12.0 Å². The maximum atomic E-state index is 10.8. The largest absolute Gasteiger partial charge is 0.393 e. The summed E-state index contributed by atoms with van der Waals surface area (Å²) in [6.45, 7) is 3.21. The number of hydrogen-bond acceptors (Lipinski definition) is 2. The Morgan fingerprint density at radius 1 is 1.57 bits per heavy atom. The number of carbonyl (C=O) groups is 1. The van der Waals surface area contributed by atoms with Gasteiger partial charge >= 0.3 is 0 Å². The molecule has 0 aliphatic rings. The van der Waals surface area contributed by atoms with Crippen molar-refractivity contribution in [2.24, 2.45) is 0 Å². The lowest BCUT2D eigenvalue weighted by Crippen LogP contribution is -2.07. The first-order valence-corrected chi connectivity index (χ1v) is 4.62. The van der Waals surface area contributed by atoms with E-state index >= 15 is 0 Å². The number of anilines is 1. The average Bonchev–Trinajstić information content (AvgIpc) is 2.01. The highest BCUT2D eigenvalue weighted by molar-refractivity contribution is 5.88. The van der Waals surface area contributed by atoms with Gasteiger partial charge in [0.2, 0.25) is 5.91 Å². The maximum absolute atomic E-state index is 10.8. The number of aliphatic hydroxyl groups excluding tert-OH is 1. The van der Waals surface area contributed by atoms with Crippen LogP contribution in [0.25, 0.3) is 0 Å². The molecule has 0 aliphatic carbocycles. The minimum absolute atomic E-state index is 0.0841. The first-order chi connectivity index (χ1) is 6.58. The Morgan fingerprint density at radius 3 is 2.86 bits per heavy atom. The molecular formula is C11H15NO2. The van der Waals surface area contributed by atoms with Gasteiger partial charge in [-0.3, -0.25) is 4.79 Å². The highest BCUT2D eigenvalue weighted by atomic mass is 16.3. The molecule has 14 heavy (non-hydrogen) atoms. The van der Waals surface area contributed by atoms with Crippen molar-refractivity contribution in [3.8, 4) is 0 Å². The van der Waals surface area contributed by atoms with Crippen LogP contribution in [0.4, 0.5) is 5.69 Å². The van der Waals surface area contributed by atoms with Crippen molar-refractivity contribution in [2.75, 3.05) is 5.32 Å². The Morgan fingerprint density at radius 2 is 2.29 bits per heavy atom. The summed E-state index contributed by atoms with van der Waals surface area (Å²) >= 11 is 0. The molecule has 0 spiro atoms. The first-order valence-electron chi connectivity index (χ1n) is 4.62. The molecule has 0 aliphatic heterocycles. The Bertz CT molecular complexity index is 321. The van der Waals surface area contributed by atoms with Crippen LogP contribution in [0.3, 0.4) is 0 Å². The van der Waals surface area contributed by atoms with Crippen LogP contribution in [0.2, 0.25) is 0 Å². The van der Waals surface area contributed by atoms with Gasteiger partial charge in [-0.05, 0) is 31.0 Å². The molecule has 1 rings (SSSR count). The van der Waals surface area contributed by atoms with Crippen LogP contribution in [0, 0.1) is 0 Å². The predicted octanol–water partition coefficient (Wildman–Crippen LogP) is 1.57. The monoisotopic (exact) mass is 193 g/mol. The summed E-state index contributed by atoms with van der Waals surface area (Å²) in [5.41, 5.74) is 1.79. The van der Waals surface area contributed by atoms with Gasteiger partial charge in [0, 0.05) is 12.6 Å². The highest BCUT2D eigenvalue weighted by Gasteiger charge is 2.00. The van der Waals surface area contributed by atoms with Gasteiger partial charge in [-0.15, -0.1) is 0 Å². The third-order valence-corrected chi connectivity index (χ3v) is 1.78. The zero-order chi connectivity index (χ0) is 10.6. The minimum atomic E-state index is -0.359. The van der Waals surface area contributed by atoms with Gasteiger partial charge in [0.25, 0.3) is 0 Å². The smallest absolute Gasteiger partial charge is 0.221 e. The van der Waals surface area contributed by atoms with Crippen molar-refractivity contribution in [2.45, 2.75) is 26.4 Å². The molecule has 0 saturated carbocycles. The van der Waals surface area contributed by atoms with Gasteiger partial charge in [0.15, 0.2) is 0 Å². The third kappa shape index (κ3) is 3.58. The summed E-state index contributed by atoms with van der Waals surface area (Å²) in [4.78, 5) is 10.8. The molecule has 0 aromatic heterocycles. The Hall–Kier alpha value is -1.35. The van der Waals surface area contributed by atoms with E-state index in [2.05, 4.69) is 5.32 Å². The molecular weight excluding hydrogens is 178 g/mol. The molecule has 0 fully saturated rings. The lowest BCUT2D eigenvalue weighted by molar-refractivity contribution is -0.114. The van der Waals surface area contributed by atoms with E-state index in [0.717, 1.165) is 11.3 Å². The van der Waals surface area contributed by atoms with Gasteiger partial charge in [-0.2, -0.15) is 0 Å². The summed E-state index contributed by atoms with van der Waals surface area (Å²) in [6.07, 6.45) is 0.246. The number of hydrogen-bond donors (Lipinski definition) is 2. The summed E-state index contributed by atoms with van der Waals surface area (Å²) in [5, 5.41) is 11.9. The van der Waals surface area contributed by atoms with Gasteiger partial charge in [-0.25, -0.2) is 0 Å². The van der Waals surface area contributed by atoms with Crippen molar-refractivity contribution in [3.63, 3.8) is 0 Å². The van der Waals surface area contributed by atoms with E-state index in [4.69, 9.17) is 0 Å². The number of rotatable bonds is 3. The third-order valence-electron chi connectivity index (χ3n) is 1.78. The summed E-state index contributed by atoms with van der Waals surface area (Å²) in [5.74, 6) is -0.0841. The van der Waals surface area contributed by atoms with Crippen LogP contribution < -0.4 is 5.32 Å². The second-order valence-electron chi connectivity index (χ2n) is 3.43. The van der Waals surface area contributed by atoms with Crippen LogP contribution in [0.1, 0.15) is 19.4 Å². The van der Waals surface area contributed by atoms with Crippen LogP contribution in [-0.2, 0) is 11.2 Å². The molecule has 76 valence electrons. The van der Waals surface area contributed by atoms with Crippen LogP contribution in [-0.4, -0.2) is 17.1 Å². The number of benzene rings is 1. The molecule has 1 aromatic rings. The SMILES string of the molecule is CC(=O)Nc1cccc(C[C@@H](C)O)c1. The Kier molecular flexibility index (Phi) is 3.65. The summed E-state index contributed by atoms with van der Waals surface area (Å²) < 4.78 is 0. The van der Waals surface area contributed by atoms with Gasteiger partial charge in [-0.1, -0.05) is 12.1 Å². The van der Waals surface area contributed by atoms with E-state index in [1.807, 2.05) is 24.3 Å². The van der Waals surface area contributed by atoms with Crippen molar-refractivity contribution >= 4 is 11.6 Å². The topological polar surface area (TPSA) is 49.3 Å². The normalized spacial score (nSPS) is 12.2. The van der Waals surface area contributed by atoms with Gasteiger partial charge in [0.1, 0.15) is 0 Å². The van der Waals surface area contributed by atoms with Crippen molar-refractivity contribution < 1.29 is 9.90 Å². The lowest BCUT2D eigenvalue weighted by atomic mass is 10.1. The standard InChI is InChI=1S/C11H15NO2/c1-8(13)6-10-4-3-5-11(7-10)12-9(2)14/h3-5,7-8,13H,6H2,1-2H3,(H,12,14)/t8-/m1/s1. The van der Waals surface area contributed by atoms with E-state index in [0.29, 0.717) is 6.42 Å². The molecule has 3 nitrogen and oxygen atoms in total. The molecule has 0 bridgehead atoms. The number of amides is 1. The number of aliphatic hydroxyl groups is 1. The van der Waals surface area contributed by atoms with Crippen molar-refractivity contribution in [1.82, 2.24) is 0 Å². The quantitative estimate of drug-likeness (QED) is 0.765. The fourth-order valence-electron chi connectivity index (χ4n) is 1.32. The second-order valence-corrected chi connectivity index (χ2v) is 3.43. The predicted molar refractivity (Wildman–Crippen MR) is 56.1 cm³/mol. The van der Waals surface area contributed by atoms with Crippen LogP contribution in [0.5, 0.6) is 0 Å². The van der Waals surface area contributed by atoms with Gasteiger partial charge in [0.05, 0.1) is 6.10 Å². The molecule has 0 saturated heterocycles. The zero-order valence-electron chi connectivity index (χ0n) is 8.45. The van der Waals surface area contributed by atoms with E-state index in [9.17, 15) is 9.90 Å². The fraction of sp³-hybridized carbons (Fsp3) is 0.364. The number of nitrogens with one attached hydrogen (secondary N) is 1. The van der Waals surface area contributed by atoms with Crippen molar-refractivity contribution in [3.05, 3.63) is 29.8 Å². The van der Waals surface area contributed by atoms with Crippen LogP contribution in [0.15, 0.2) is 24.3 Å². The average molecular weight is 193 g/mol. The van der Waals surface area contributed by atoms with E-state index < -0.39 is 0 Å². The zero-order valence-corrected chi connectivity index (χ0v) is 8.45. The highest BCUT2D eigenvalue weighted by Crippen LogP contribution is 2.12. The molecule has 0 unspecified atom stereocenters. The maximum Gasteiger partial charge on any atom is 0.221 e. The van der Waals surface area contributed by atoms with Crippen molar-refractivity contribution in [1.29, 1.82) is 0 Å². The lowest BCUT2D eigenvalue weighted by Gasteiger charge is -2.07. The molecule has 1 atom stereocenters. The molecule has 2 N–H and O–H groups in total. The van der Waals surface area contributed by atoms with Gasteiger partial charge < -0.3 is 10.4 Å². The molecule has 0 radical (unpaired) electrons. The first kappa shape index (κ1) is 10.7. The van der Waals surface area contributed by atoms with E-state index in [1.165, 1.54) is 6.92 Å². The van der Waals surface area contributed by atoms with Crippen LogP contribution >= 0.6 is 0 Å². The van der Waals surface area contributed by atoms with E-state index in [1.54, 1.807) is 6.92 Å². The minimum Gasteiger partial charge on any atom is -0.393 e. The molecule has 0 heterocycles. The summed E-state index contributed by atoms with van der Waals surface area (Å²) in [7, 11) is 0. The molecule has 3 heteroatoms.